The van der Waals surface area contributed by atoms with Crippen LogP contribution in [0.5, 0.6) is 0 Å². The molecule has 1 unspecified atom stereocenters. The summed E-state index contributed by atoms with van der Waals surface area (Å²) >= 11 is 0. The van der Waals surface area contributed by atoms with Crippen LogP contribution >= 0.6 is 0 Å². The Morgan fingerprint density at radius 3 is 2.38 bits per heavy atom. The van der Waals surface area contributed by atoms with Crippen LogP contribution in [0.25, 0.3) is 10.9 Å². The highest BCUT2D eigenvalue weighted by Crippen LogP contribution is 2.23. The van der Waals surface area contributed by atoms with E-state index in [2.05, 4.69) is 11.1 Å². The molecule has 0 aliphatic carbocycles. The monoisotopic (exact) mass is 543 g/mol. The summed E-state index contributed by atoms with van der Waals surface area (Å²) < 4.78 is 18.8. The molecular weight excluding hydrogens is 505 g/mol. The number of H-pyrrole nitrogens is 1. The van der Waals surface area contributed by atoms with Crippen molar-refractivity contribution in [3.05, 3.63) is 108 Å². The van der Waals surface area contributed by atoms with E-state index >= 15 is 0 Å². The number of amides is 2. The molecule has 0 fully saturated rings. The Kier molecular flexibility index (Phi) is 10.5. The molecule has 0 spiro atoms. The molecule has 1 aromatic heterocycles. The number of rotatable bonds is 14. The Hall–Kier alpha value is -3.97. The number of aromatic nitrogens is 1. The van der Waals surface area contributed by atoms with Crippen molar-refractivity contribution in [2.45, 2.75) is 38.6 Å². The van der Waals surface area contributed by atoms with Gasteiger partial charge in [0, 0.05) is 50.5 Å². The second kappa shape index (κ2) is 14.4. The minimum atomic E-state index is -0.326. The van der Waals surface area contributed by atoms with Gasteiger partial charge in [-0.15, -0.1) is 0 Å². The van der Waals surface area contributed by atoms with Crippen LogP contribution in [-0.2, 0) is 27.3 Å². The van der Waals surface area contributed by atoms with E-state index in [1.54, 1.807) is 29.0 Å². The SMILES string of the molecule is CCC(C(=O)N(CCCOC)CC(=O)N(CCc1c[nH]c2ccccc12)Cc1ccc(F)cc1)c1ccccc1. The lowest BCUT2D eigenvalue weighted by molar-refractivity contribution is -0.142. The van der Waals surface area contributed by atoms with E-state index in [9.17, 15) is 14.0 Å². The highest BCUT2D eigenvalue weighted by atomic mass is 19.1. The van der Waals surface area contributed by atoms with Crippen molar-refractivity contribution in [3.8, 4) is 0 Å². The minimum Gasteiger partial charge on any atom is -0.385 e. The summed E-state index contributed by atoms with van der Waals surface area (Å²) in [6.07, 6.45) is 3.90. The molecule has 0 radical (unpaired) electrons. The molecule has 4 rings (SSSR count). The van der Waals surface area contributed by atoms with Crippen LogP contribution in [0.1, 0.15) is 42.4 Å². The number of ether oxygens (including phenoxy) is 1. The third-order valence-corrected chi connectivity index (χ3v) is 7.29. The van der Waals surface area contributed by atoms with Gasteiger partial charge in [0.2, 0.25) is 11.8 Å². The van der Waals surface area contributed by atoms with Gasteiger partial charge in [0.1, 0.15) is 5.82 Å². The van der Waals surface area contributed by atoms with E-state index in [1.807, 2.05) is 61.7 Å². The largest absolute Gasteiger partial charge is 0.385 e. The number of aromatic amines is 1. The molecule has 4 aromatic rings. The van der Waals surface area contributed by atoms with Crippen molar-refractivity contribution in [3.63, 3.8) is 0 Å². The molecule has 40 heavy (non-hydrogen) atoms. The number of methoxy groups -OCH3 is 1. The summed E-state index contributed by atoms with van der Waals surface area (Å²) in [4.78, 5) is 34.4. The number of nitrogens with one attached hydrogen (secondary N) is 1. The third kappa shape index (κ3) is 7.57. The van der Waals surface area contributed by atoms with Crippen LogP contribution < -0.4 is 0 Å². The number of carbonyl (C=O) groups is 2. The predicted octanol–water partition coefficient (Wildman–Crippen LogP) is 5.94. The van der Waals surface area contributed by atoms with Gasteiger partial charge in [0.05, 0.1) is 12.5 Å². The average molecular weight is 544 g/mol. The van der Waals surface area contributed by atoms with Gasteiger partial charge in [-0.1, -0.05) is 67.6 Å². The summed E-state index contributed by atoms with van der Waals surface area (Å²) in [7, 11) is 1.63. The fraction of sp³-hybridized carbons (Fsp3) is 0.333. The number of hydrogen-bond donors (Lipinski definition) is 1. The summed E-state index contributed by atoms with van der Waals surface area (Å²) in [5.41, 5.74) is 3.95. The molecule has 1 N–H and O–H groups in total. The molecule has 6 nitrogen and oxygen atoms in total. The van der Waals surface area contributed by atoms with Crippen molar-refractivity contribution < 1.29 is 18.7 Å². The maximum Gasteiger partial charge on any atom is 0.242 e. The third-order valence-electron chi connectivity index (χ3n) is 7.29. The molecule has 0 saturated heterocycles. The molecule has 3 aromatic carbocycles. The molecule has 0 aliphatic heterocycles. The lowest BCUT2D eigenvalue weighted by Crippen LogP contribution is -2.45. The number of halogens is 1. The zero-order valence-corrected chi connectivity index (χ0v) is 23.3. The Morgan fingerprint density at radius 1 is 0.925 bits per heavy atom. The van der Waals surface area contributed by atoms with Crippen molar-refractivity contribution in [1.29, 1.82) is 0 Å². The van der Waals surface area contributed by atoms with E-state index < -0.39 is 0 Å². The summed E-state index contributed by atoms with van der Waals surface area (Å²) in [6.45, 7) is 3.69. The highest BCUT2D eigenvalue weighted by molar-refractivity contribution is 5.89. The summed E-state index contributed by atoms with van der Waals surface area (Å²) in [5.74, 6) is -0.843. The van der Waals surface area contributed by atoms with Gasteiger partial charge in [0.15, 0.2) is 0 Å². The Balaban J connectivity index is 1.55. The highest BCUT2D eigenvalue weighted by Gasteiger charge is 2.27. The Morgan fingerprint density at radius 2 is 1.65 bits per heavy atom. The fourth-order valence-electron chi connectivity index (χ4n) is 5.08. The molecule has 7 heteroatoms. The molecule has 1 atom stereocenters. The number of fused-ring (bicyclic) bond motifs is 1. The Labute approximate surface area is 235 Å². The van der Waals surface area contributed by atoms with Crippen molar-refractivity contribution >= 4 is 22.7 Å². The molecule has 0 bridgehead atoms. The fourth-order valence-corrected chi connectivity index (χ4v) is 5.08. The zero-order valence-electron chi connectivity index (χ0n) is 23.3. The number of benzene rings is 3. The van der Waals surface area contributed by atoms with Crippen molar-refractivity contribution in [2.24, 2.45) is 0 Å². The van der Waals surface area contributed by atoms with Gasteiger partial charge in [-0.25, -0.2) is 4.39 Å². The molecule has 1 heterocycles. The van der Waals surface area contributed by atoms with Gasteiger partial charge >= 0.3 is 0 Å². The summed E-state index contributed by atoms with van der Waals surface area (Å²) in [5, 5.41) is 1.13. The van der Waals surface area contributed by atoms with E-state index in [0.717, 1.165) is 27.6 Å². The van der Waals surface area contributed by atoms with Crippen LogP contribution in [0.2, 0.25) is 0 Å². The first-order valence-electron chi connectivity index (χ1n) is 13.9. The smallest absolute Gasteiger partial charge is 0.242 e. The summed E-state index contributed by atoms with van der Waals surface area (Å²) in [6, 6.07) is 24.0. The minimum absolute atomic E-state index is 0.0268. The van der Waals surface area contributed by atoms with E-state index in [4.69, 9.17) is 4.74 Å². The first-order chi connectivity index (χ1) is 19.5. The van der Waals surface area contributed by atoms with Crippen molar-refractivity contribution in [2.75, 3.05) is 33.4 Å². The zero-order chi connectivity index (χ0) is 28.3. The van der Waals surface area contributed by atoms with Crippen molar-refractivity contribution in [1.82, 2.24) is 14.8 Å². The number of carbonyl (C=O) groups excluding carboxylic acids is 2. The molecule has 210 valence electrons. The standard InChI is InChI=1S/C33H38FN3O3/c1-3-29(26-10-5-4-6-11-26)33(39)37(19-9-21-40-2)24-32(38)36(23-25-14-16-28(34)17-15-25)20-18-27-22-35-31-13-8-7-12-30(27)31/h4-8,10-17,22,29,35H,3,9,18-21,23-24H2,1-2H3. The first-order valence-corrected chi connectivity index (χ1v) is 13.9. The molecule has 2 amide bonds. The quantitative estimate of drug-likeness (QED) is 0.200. The lowest BCUT2D eigenvalue weighted by Gasteiger charge is -2.30. The normalized spacial score (nSPS) is 11.9. The first kappa shape index (κ1) is 29.0. The molecule has 0 saturated carbocycles. The van der Waals surface area contributed by atoms with E-state index in [0.29, 0.717) is 45.5 Å². The second-order valence-corrected chi connectivity index (χ2v) is 10.0. The number of hydrogen-bond acceptors (Lipinski definition) is 3. The van der Waals surface area contributed by atoms with Gasteiger partial charge < -0.3 is 19.5 Å². The topological polar surface area (TPSA) is 65.6 Å². The van der Waals surface area contributed by atoms with Gasteiger partial charge in [-0.05, 0) is 54.2 Å². The van der Waals surface area contributed by atoms with Crippen LogP contribution in [-0.4, -0.2) is 59.9 Å². The maximum absolute atomic E-state index is 13.9. The van der Waals surface area contributed by atoms with Gasteiger partial charge in [0.25, 0.3) is 0 Å². The van der Waals surface area contributed by atoms with E-state index in [1.165, 1.54) is 12.1 Å². The lowest BCUT2D eigenvalue weighted by atomic mass is 9.95. The number of para-hydroxylation sites is 1. The van der Waals surface area contributed by atoms with Crippen LogP contribution in [0, 0.1) is 5.82 Å². The number of nitrogens with zero attached hydrogens (tertiary/aromatic N) is 2. The Bertz CT molecular complexity index is 1370. The van der Waals surface area contributed by atoms with E-state index in [-0.39, 0.29) is 30.1 Å². The van der Waals surface area contributed by atoms with Gasteiger partial charge in [-0.3, -0.25) is 9.59 Å². The maximum atomic E-state index is 13.9. The molecular formula is C33H38FN3O3. The van der Waals surface area contributed by atoms with Gasteiger partial charge in [-0.2, -0.15) is 0 Å². The predicted molar refractivity (Wildman–Crippen MR) is 156 cm³/mol. The second-order valence-electron chi connectivity index (χ2n) is 10.0. The van der Waals surface area contributed by atoms with Crippen LogP contribution in [0.4, 0.5) is 4.39 Å². The van der Waals surface area contributed by atoms with Crippen LogP contribution in [0.3, 0.4) is 0 Å². The van der Waals surface area contributed by atoms with Crippen LogP contribution in [0.15, 0.2) is 85.1 Å². The molecule has 0 aliphatic rings. The average Bonchev–Trinajstić information content (AvgIpc) is 3.39.